The average Bonchev–Trinajstić information content (AvgIpc) is 2.62. The molecular weight excluding hydrogens is 308 g/mol. The second-order valence-electron chi connectivity index (χ2n) is 7.32. The fourth-order valence-corrected chi connectivity index (χ4v) is 4.42. The number of carbonyl (C=O) groups is 1. The summed E-state index contributed by atoms with van der Waals surface area (Å²) in [4.78, 5) is 13.1. The third-order valence-corrected chi connectivity index (χ3v) is 5.88. The van der Waals surface area contributed by atoms with Gasteiger partial charge < -0.3 is 5.11 Å². The van der Waals surface area contributed by atoms with E-state index in [0.717, 1.165) is 47.1 Å². The largest absolute Gasteiger partial charge is 0.507 e. The Morgan fingerprint density at radius 3 is 2.52 bits per heavy atom. The van der Waals surface area contributed by atoms with Crippen molar-refractivity contribution in [2.24, 2.45) is 5.92 Å². The molecule has 0 amide bonds. The highest BCUT2D eigenvalue weighted by atomic mass is 16.3. The van der Waals surface area contributed by atoms with Crippen LogP contribution >= 0.6 is 0 Å². The van der Waals surface area contributed by atoms with Gasteiger partial charge in [-0.25, -0.2) is 0 Å². The van der Waals surface area contributed by atoms with E-state index in [4.69, 9.17) is 0 Å². The van der Waals surface area contributed by atoms with Gasteiger partial charge in [0.05, 0.1) is 5.56 Å². The lowest BCUT2D eigenvalue weighted by atomic mass is 9.72. The van der Waals surface area contributed by atoms with Crippen LogP contribution < -0.4 is 0 Å². The molecule has 2 nitrogen and oxygen atoms in total. The standard InChI is InChI=1S/C23H22O2/c1-12(2)15-9-10-18-19(11-15)14(4)20-13(3)16-7-5-6-8-17(16)22(24)21(20)23(18)25/h5-8,15,25H,1,3,9-11H2,2,4H3. The molecule has 0 aromatic heterocycles. The van der Waals surface area contributed by atoms with Gasteiger partial charge in [0.2, 0.25) is 0 Å². The Morgan fingerprint density at radius 2 is 1.84 bits per heavy atom. The summed E-state index contributed by atoms with van der Waals surface area (Å²) >= 11 is 0. The van der Waals surface area contributed by atoms with Crippen LogP contribution in [0.2, 0.25) is 0 Å². The summed E-state index contributed by atoms with van der Waals surface area (Å²) in [6.07, 6.45) is 2.63. The first-order valence-electron chi connectivity index (χ1n) is 8.77. The number of ketones is 1. The van der Waals surface area contributed by atoms with Crippen molar-refractivity contribution >= 4 is 11.4 Å². The van der Waals surface area contributed by atoms with E-state index in [-0.39, 0.29) is 11.5 Å². The van der Waals surface area contributed by atoms with Crippen molar-refractivity contribution in [3.63, 3.8) is 0 Å². The van der Waals surface area contributed by atoms with E-state index in [1.54, 1.807) is 0 Å². The lowest BCUT2D eigenvalue weighted by Gasteiger charge is -2.32. The van der Waals surface area contributed by atoms with Gasteiger partial charge in [-0.1, -0.05) is 43.0 Å². The minimum Gasteiger partial charge on any atom is -0.507 e. The Morgan fingerprint density at radius 1 is 1.16 bits per heavy atom. The van der Waals surface area contributed by atoms with Crippen molar-refractivity contribution in [3.8, 4) is 5.75 Å². The van der Waals surface area contributed by atoms with Gasteiger partial charge in [-0.05, 0) is 72.4 Å². The summed E-state index contributed by atoms with van der Waals surface area (Å²) in [6.45, 7) is 12.5. The molecule has 0 aliphatic heterocycles. The predicted molar refractivity (Wildman–Crippen MR) is 101 cm³/mol. The van der Waals surface area contributed by atoms with Gasteiger partial charge in [-0.3, -0.25) is 4.79 Å². The summed E-state index contributed by atoms with van der Waals surface area (Å²) in [5.74, 6) is 0.503. The van der Waals surface area contributed by atoms with Gasteiger partial charge in [-0.15, -0.1) is 0 Å². The van der Waals surface area contributed by atoms with Gasteiger partial charge in [0.15, 0.2) is 5.78 Å². The minimum absolute atomic E-state index is 0.0941. The van der Waals surface area contributed by atoms with Crippen molar-refractivity contribution in [3.05, 3.63) is 81.9 Å². The van der Waals surface area contributed by atoms with Gasteiger partial charge in [-0.2, -0.15) is 0 Å². The summed E-state index contributed by atoms with van der Waals surface area (Å²) in [5, 5.41) is 11.0. The van der Waals surface area contributed by atoms with Gasteiger partial charge in [0, 0.05) is 5.56 Å². The number of allylic oxidation sites excluding steroid dienone is 1. The van der Waals surface area contributed by atoms with E-state index in [0.29, 0.717) is 17.0 Å². The number of phenolic OH excluding ortho intramolecular Hbond substituents is 1. The zero-order valence-corrected chi connectivity index (χ0v) is 14.8. The second kappa shape index (κ2) is 5.45. The number of phenols is 1. The van der Waals surface area contributed by atoms with Crippen LogP contribution in [0.3, 0.4) is 0 Å². The third-order valence-electron chi connectivity index (χ3n) is 5.88. The van der Waals surface area contributed by atoms with Crippen LogP contribution in [0.25, 0.3) is 5.57 Å². The van der Waals surface area contributed by atoms with Gasteiger partial charge >= 0.3 is 0 Å². The molecule has 2 aliphatic carbocycles. The Labute approximate surface area is 148 Å². The monoisotopic (exact) mass is 330 g/mol. The number of fused-ring (bicyclic) bond motifs is 3. The predicted octanol–water partition coefficient (Wildman–Crippen LogP) is 4.99. The number of hydrogen-bond acceptors (Lipinski definition) is 2. The van der Waals surface area contributed by atoms with E-state index < -0.39 is 0 Å². The van der Waals surface area contributed by atoms with E-state index >= 15 is 0 Å². The summed E-state index contributed by atoms with van der Waals surface area (Å²) in [7, 11) is 0. The molecular formula is C23H22O2. The molecule has 2 heteroatoms. The fourth-order valence-electron chi connectivity index (χ4n) is 4.42. The molecule has 1 atom stereocenters. The van der Waals surface area contributed by atoms with Crippen LogP contribution in [-0.2, 0) is 12.8 Å². The van der Waals surface area contributed by atoms with Crippen LogP contribution in [0, 0.1) is 12.8 Å². The van der Waals surface area contributed by atoms with Crippen LogP contribution in [0.1, 0.15) is 57.1 Å². The van der Waals surface area contributed by atoms with E-state index in [1.807, 2.05) is 24.3 Å². The number of hydrogen-bond donors (Lipinski definition) is 1. The molecule has 2 aromatic rings. The van der Waals surface area contributed by atoms with Crippen LogP contribution in [0.15, 0.2) is 43.0 Å². The third kappa shape index (κ3) is 2.13. The molecule has 0 spiro atoms. The average molecular weight is 330 g/mol. The highest BCUT2D eigenvalue weighted by Gasteiger charge is 2.35. The first kappa shape index (κ1) is 15.9. The molecule has 126 valence electrons. The summed E-state index contributed by atoms with van der Waals surface area (Å²) in [6, 6.07) is 7.53. The number of carbonyl (C=O) groups excluding carboxylic acids is 1. The maximum Gasteiger partial charge on any atom is 0.198 e. The van der Waals surface area contributed by atoms with E-state index in [2.05, 4.69) is 27.0 Å². The normalized spacial score (nSPS) is 18.4. The summed E-state index contributed by atoms with van der Waals surface area (Å²) in [5.41, 5.74) is 7.97. The first-order chi connectivity index (χ1) is 11.9. The highest BCUT2D eigenvalue weighted by molar-refractivity contribution is 6.20. The SMILES string of the molecule is C=C1c2ccccc2C(=O)c2c(O)c3c(c(C)c21)CC(C(=C)C)CC3. The highest BCUT2D eigenvalue weighted by Crippen LogP contribution is 2.46. The number of benzene rings is 2. The van der Waals surface area contributed by atoms with Gasteiger partial charge in [0.1, 0.15) is 5.75 Å². The summed E-state index contributed by atoms with van der Waals surface area (Å²) < 4.78 is 0. The minimum atomic E-state index is -0.0941. The molecule has 0 radical (unpaired) electrons. The molecule has 0 heterocycles. The van der Waals surface area contributed by atoms with E-state index in [9.17, 15) is 9.90 Å². The molecule has 4 rings (SSSR count). The van der Waals surface area contributed by atoms with Gasteiger partial charge in [0.25, 0.3) is 0 Å². The van der Waals surface area contributed by atoms with Crippen LogP contribution in [-0.4, -0.2) is 10.9 Å². The van der Waals surface area contributed by atoms with Crippen molar-refractivity contribution in [1.29, 1.82) is 0 Å². The van der Waals surface area contributed by atoms with Crippen molar-refractivity contribution in [2.75, 3.05) is 0 Å². The molecule has 0 saturated carbocycles. The van der Waals surface area contributed by atoms with Crippen molar-refractivity contribution in [2.45, 2.75) is 33.1 Å². The molecule has 2 aromatic carbocycles. The lowest BCUT2D eigenvalue weighted by molar-refractivity contribution is 0.103. The molecule has 0 fully saturated rings. The topological polar surface area (TPSA) is 37.3 Å². The van der Waals surface area contributed by atoms with Crippen LogP contribution in [0.4, 0.5) is 0 Å². The Bertz CT molecular complexity index is 963. The Kier molecular flexibility index (Phi) is 3.47. The number of rotatable bonds is 1. The zero-order valence-electron chi connectivity index (χ0n) is 14.8. The quantitative estimate of drug-likeness (QED) is 0.638. The number of aromatic hydroxyl groups is 1. The maximum atomic E-state index is 13.1. The molecule has 0 bridgehead atoms. The maximum absolute atomic E-state index is 13.1. The zero-order chi connectivity index (χ0) is 17.9. The van der Waals surface area contributed by atoms with Crippen molar-refractivity contribution < 1.29 is 9.90 Å². The molecule has 1 unspecified atom stereocenters. The molecule has 25 heavy (non-hydrogen) atoms. The Hall–Kier alpha value is -2.61. The lowest BCUT2D eigenvalue weighted by Crippen LogP contribution is -2.22. The molecule has 2 aliphatic rings. The second-order valence-corrected chi connectivity index (χ2v) is 7.32. The smallest absolute Gasteiger partial charge is 0.198 e. The molecule has 1 N–H and O–H groups in total. The Balaban J connectivity index is 1.99. The fraction of sp³-hybridized carbons (Fsp3) is 0.261. The molecule has 0 saturated heterocycles. The van der Waals surface area contributed by atoms with E-state index in [1.165, 1.54) is 11.1 Å². The first-order valence-corrected chi connectivity index (χ1v) is 8.77. The van der Waals surface area contributed by atoms with Crippen molar-refractivity contribution in [1.82, 2.24) is 0 Å². The van der Waals surface area contributed by atoms with Crippen LogP contribution in [0.5, 0.6) is 5.75 Å².